The Labute approximate surface area is 120 Å². The van der Waals surface area contributed by atoms with Crippen LogP contribution in [0.2, 0.25) is 0 Å². The van der Waals surface area contributed by atoms with Gasteiger partial charge in [-0.05, 0) is 45.0 Å². The highest BCUT2D eigenvalue weighted by Gasteiger charge is 2.12. The van der Waals surface area contributed by atoms with Crippen molar-refractivity contribution in [1.29, 1.82) is 0 Å². The zero-order valence-corrected chi connectivity index (χ0v) is 12.9. The predicted molar refractivity (Wildman–Crippen MR) is 83.1 cm³/mol. The fourth-order valence-electron chi connectivity index (χ4n) is 1.92. The van der Waals surface area contributed by atoms with Gasteiger partial charge in [0.15, 0.2) is 0 Å². The van der Waals surface area contributed by atoms with Crippen LogP contribution in [0.5, 0.6) is 0 Å². The number of anilines is 2. The first-order valence-electron chi connectivity index (χ1n) is 6.73. The van der Waals surface area contributed by atoms with Gasteiger partial charge in [0.1, 0.15) is 0 Å². The molecule has 19 heavy (non-hydrogen) atoms. The number of halogens is 1. The van der Waals surface area contributed by atoms with Crippen LogP contribution in [-0.2, 0) is 4.79 Å². The second-order valence-electron chi connectivity index (χ2n) is 4.97. The molecule has 3 nitrogen and oxygen atoms in total. The first kappa shape index (κ1) is 15.8. The maximum absolute atomic E-state index is 11.7. The molecular formula is C15H23ClN2O. The lowest BCUT2D eigenvalue weighted by atomic mass is 10.2. The van der Waals surface area contributed by atoms with E-state index in [1.807, 2.05) is 31.2 Å². The quantitative estimate of drug-likeness (QED) is 0.806. The number of nitrogens with zero attached hydrogens (tertiary/aromatic N) is 1. The molecule has 1 atom stereocenters. The van der Waals surface area contributed by atoms with Crippen molar-refractivity contribution in [2.75, 3.05) is 22.6 Å². The molecule has 0 heterocycles. The number of carbonyl (C=O) groups is 1. The number of nitrogens with one attached hydrogen (secondary N) is 1. The van der Waals surface area contributed by atoms with Crippen LogP contribution in [0.3, 0.4) is 0 Å². The summed E-state index contributed by atoms with van der Waals surface area (Å²) in [6.45, 7) is 9.25. The number of alkyl halides is 1. The van der Waals surface area contributed by atoms with Crippen molar-refractivity contribution in [3.8, 4) is 0 Å². The van der Waals surface area contributed by atoms with Gasteiger partial charge < -0.3 is 10.2 Å². The Hall–Kier alpha value is -1.22. The summed E-state index contributed by atoms with van der Waals surface area (Å²) in [6.07, 6.45) is 0. The second-order valence-corrected chi connectivity index (χ2v) is 5.28. The highest BCUT2D eigenvalue weighted by molar-refractivity contribution is 6.19. The van der Waals surface area contributed by atoms with Gasteiger partial charge in [-0.15, -0.1) is 11.6 Å². The van der Waals surface area contributed by atoms with Crippen molar-refractivity contribution >= 4 is 28.9 Å². The zero-order valence-electron chi connectivity index (χ0n) is 12.1. The predicted octanol–water partition coefficient (Wildman–Crippen LogP) is 3.73. The SMILES string of the molecule is CCN(c1ccc(NC(=O)C(C)CCl)cc1)C(C)C. The molecule has 0 saturated carbocycles. The molecule has 4 heteroatoms. The van der Waals surface area contributed by atoms with E-state index in [2.05, 4.69) is 31.0 Å². The lowest BCUT2D eigenvalue weighted by molar-refractivity contribution is -0.118. The van der Waals surface area contributed by atoms with E-state index < -0.39 is 0 Å². The van der Waals surface area contributed by atoms with Crippen molar-refractivity contribution in [2.45, 2.75) is 33.7 Å². The van der Waals surface area contributed by atoms with Gasteiger partial charge in [-0.1, -0.05) is 6.92 Å². The summed E-state index contributed by atoms with van der Waals surface area (Å²) < 4.78 is 0. The van der Waals surface area contributed by atoms with E-state index in [4.69, 9.17) is 11.6 Å². The van der Waals surface area contributed by atoms with Crippen molar-refractivity contribution in [2.24, 2.45) is 5.92 Å². The van der Waals surface area contributed by atoms with E-state index in [1.165, 1.54) is 5.69 Å². The van der Waals surface area contributed by atoms with Gasteiger partial charge in [-0.2, -0.15) is 0 Å². The third kappa shape index (κ3) is 4.43. The summed E-state index contributed by atoms with van der Waals surface area (Å²) in [7, 11) is 0. The van der Waals surface area contributed by atoms with Gasteiger partial charge in [-0.25, -0.2) is 0 Å². The van der Waals surface area contributed by atoms with Gasteiger partial charge in [-0.3, -0.25) is 4.79 Å². The molecule has 0 spiro atoms. The van der Waals surface area contributed by atoms with Crippen molar-refractivity contribution in [1.82, 2.24) is 0 Å². The molecular weight excluding hydrogens is 260 g/mol. The highest BCUT2D eigenvalue weighted by atomic mass is 35.5. The first-order chi connectivity index (χ1) is 8.99. The molecule has 1 aromatic rings. The maximum Gasteiger partial charge on any atom is 0.228 e. The van der Waals surface area contributed by atoms with Crippen LogP contribution < -0.4 is 10.2 Å². The van der Waals surface area contributed by atoms with E-state index in [-0.39, 0.29) is 11.8 Å². The van der Waals surface area contributed by atoms with Crippen molar-refractivity contribution < 1.29 is 4.79 Å². The molecule has 1 N–H and O–H groups in total. The Bertz CT molecular complexity index is 403. The molecule has 106 valence electrons. The molecule has 1 rings (SSSR count). The van der Waals surface area contributed by atoms with Crippen LogP contribution in [0.4, 0.5) is 11.4 Å². The molecule has 1 amide bonds. The minimum absolute atomic E-state index is 0.0426. The average molecular weight is 283 g/mol. The third-order valence-electron chi connectivity index (χ3n) is 3.11. The van der Waals surface area contributed by atoms with Gasteiger partial charge in [0.2, 0.25) is 5.91 Å². The Morgan fingerprint density at radius 2 is 1.84 bits per heavy atom. The molecule has 1 unspecified atom stereocenters. The molecule has 0 bridgehead atoms. The van der Waals surface area contributed by atoms with Crippen LogP contribution in [0.15, 0.2) is 24.3 Å². The molecule has 1 aromatic carbocycles. The number of amides is 1. The van der Waals surface area contributed by atoms with Crippen LogP contribution in [0.25, 0.3) is 0 Å². The molecule has 0 fully saturated rings. The van der Waals surface area contributed by atoms with Gasteiger partial charge in [0.25, 0.3) is 0 Å². The zero-order chi connectivity index (χ0) is 14.4. The Morgan fingerprint density at radius 3 is 2.26 bits per heavy atom. The fourth-order valence-corrected chi connectivity index (χ4v) is 2.06. The molecule has 0 aliphatic rings. The van der Waals surface area contributed by atoms with E-state index in [0.29, 0.717) is 11.9 Å². The lowest BCUT2D eigenvalue weighted by Gasteiger charge is -2.27. The summed E-state index contributed by atoms with van der Waals surface area (Å²) in [5.74, 6) is 0.115. The maximum atomic E-state index is 11.7. The number of benzene rings is 1. The number of hydrogen-bond donors (Lipinski definition) is 1. The van der Waals surface area contributed by atoms with Gasteiger partial charge >= 0.3 is 0 Å². The summed E-state index contributed by atoms with van der Waals surface area (Å²) in [5.41, 5.74) is 1.98. The van der Waals surface area contributed by atoms with Crippen LogP contribution >= 0.6 is 11.6 Å². The van der Waals surface area contributed by atoms with E-state index in [0.717, 1.165) is 12.2 Å². The summed E-state index contributed by atoms with van der Waals surface area (Å²) in [5, 5.41) is 2.86. The highest BCUT2D eigenvalue weighted by Crippen LogP contribution is 2.20. The van der Waals surface area contributed by atoms with E-state index >= 15 is 0 Å². The van der Waals surface area contributed by atoms with Crippen LogP contribution in [0.1, 0.15) is 27.7 Å². The topological polar surface area (TPSA) is 32.3 Å². The minimum atomic E-state index is -0.177. The van der Waals surface area contributed by atoms with E-state index in [9.17, 15) is 4.79 Å². The van der Waals surface area contributed by atoms with Crippen LogP contribution in [-0.4, -0.2) is 24.4 Å². The smallest absolute Gasteiger partial charge is 0.228 e. The summed E-state index contributed by atoms with van der Waals surface area (Å²) >= 11 is 5.67. The second kappa shape index (κ2) is 7.39. The number of hydrogen-bond acceptors (Lipinski definition) is 2. The minimum Gasteiger partial charge on any atom is -0.369 e. The number of rotatable bonds is 6. The molecule has 0 saturated heterocycles. The van der Waals surface area contributed by atoms with Crippen LogP contribution in [0, 0.1) is 5.92 Å². The van der Waals surface area contributed by atoms with Gasteiger partial charge in [0.05, 0.1) is 0 Å². The monoisotopic (exact) mass is 282 g/mol. The first-order valence-corrected chi connectivity index (χ1v) is 7.26. The fraction of sp³-hybridized carbons (Fsp3) is 0.533. The molecule has 0 aliphatic carbocycles. The normalized spacial score (nSPS) is 12.3. The Balaban J connectivity index is 2.74. The Kier molecular flexibility index (Phi) is 6.16. The standard InChI is InChI=1S/C15H23ClN2O/c1-5-18(11(2)3)14-8-6-13(7-9-14)17-15(19)12(4)10-16/h6-9,11-12H,5,10H2,1-4H3,(H,17,19). The summed E-state index contributed by atoms with van der Waals surface area (Å²) in [4.78, 5) is 14.0. The van der Waals surface area contributed by atoms with Crippen molar-refractivity contribution in [3.63, 3.8) is 0 Å². The van der Waals surface area contributed by atoms with Gasteiger partial charge in [0, 0.05) is 35.8 Å². The Morgan fingerprint density at radius 1 is 1.26 bits per heavy atom. The lowest BCUT2D eigenvalue weighted by Crippen LogP contribution is -2.30. The largest absolute Gasteiger partial charge is 0.369 e. The molecule has 0 aliphatic heterocycles. The average Bonchev–Trinajstić information content (AvgIpc) is 2.40. The van der Waals surface area contributed by atoms with Crippen molar-refractivity contribution in [3.05, 3.63) is 24.3 Å². The number of carbonyl (C=O) groups excluding carboxylic acids is 1. The van der Waals surface area contributed by atoms with E-state index in [1.54, 1.807) is 0 Å². The summed E-state index contributed by atoms with van der Waals surface area (Å²) in [6, 6.07) is 8.38. The molecule has 0 radical (unpaired) electrons. The molecule has 0 aromatic heterocycles. The third-order valence-corrected chi connectivity index (χ3v) is 3.57.